The van der Waals surface area contributed by atoms with Crippen molar-refractivity contribution in [1.29, 1.82) is 0 Å². The summed E-state index contributed by atoms with van der Waals surface area (Å²) in [5.74, 6) is 0.148. The fourth-order valence-electron chi connectivity index (χ4n) is 2.27. The van der Waals surface area contributed by atoms with E-state index in [1.54, 1.807) is 12.1 Å². The Morgan fingerprint density at radius 2 is 1.33 bits per heavy atom. The van der Waals surface area contributed by atoms with Crippen molar-refractivity contribution in [3.05, 3.63) is 29.3 Å². The third kappa shape index (κ3) is 3.88. The minimum absolute atomic E-state index is 0.148. The molecule has 5 nitrogen and oxygen atoms in total. The maximum Gasteiger partial charge on any atom is 0.234 e. The summed E-state index contributed by atoms with van der Waals surface area (Å²) in [5, 5.41) is 10.6. The molecule has 0 spiro atoms. The number of phenols is 1. The molecule has 1 N–H and O–H groups in total. The number of phenolic OH excluding ortho intramolecular Hbond substituents is 1. The lowest BCUT2D eigenvalue weighted by atomic mass is 9.78. The summed E-state index contributed by atoms with van der Waals surface area (Å²) in [6.07, 6.45) is 3.04. The van der Waals surface area contributed by atoms with Gasteiger partial charge in [-0.3, -0.25) is 0 Å². The van der Waals surface area contributed by atoms with E-state index in [9.17, 15) is 14.7 Å². The van der Waals surface area contributed by atoms with Crippen LogP contribution in [-0.4, -0.2) is 30.4 Å². The Morgan fingerprint density at radius 3 is 1.67 bits per heavy atom. The van der Waals surface area contributed by atoms with E-state index >= 15 is 0 Å². The van der Waals surface area contributed by atoms with Gasteiger partial charge in [0, 0.05) is 22.0 Å². The molecule has 0 atom stereocenters. The van der Waals surface area contributed by atoms with Gasteiger partial charge in [0.1, 0.15) is 5.75 Å². The smallest absolute Gasteiger partial charge is 0.234 e. The lowest BCUT2D eigenvalue weighted by molar-refractivity contribution is 0.411. The number of aromatic hydroxyl groups is 1. The molecule has 0 saturated carbocycles. The Labute approximate surface area is 124 Å². The van der Waals surface area contributed by atoms with Crippen LogP contribution in [0.15, 0.2) is 28.2 Å². The Kier molecular flexibility index (Phi) is 5.20. The lowest BCUT2D eigenvalue weighted by Gasteiger charge is -2.29. The number of para-hydroxylation sites is 1. The molecule has 1 aromatic rings. The Bertz CT molecular complexity index is 558. The van der Waals surface area contributed by atoms with Gasteiger partial charge >= 0.3 is 0 Å². The highest BCUT2D eigenvalue weighted by atomic mass is 16.3. The summed E-state index contributed by atoms with van der Waals surface area (Å²) >= 11 is 0. The van der Waals surface area contributed by atoms with E-state index in [1.807, 2.05) is 33.8 Å². The monoisotopic (exact) mass is 288 g/mol. The van der Waals surface area contributed by atoms with E-state index < -0.39 is 10.8 Å². The largest absolute Gasteiger partial charge is 0.507 e. The van der Waals surface area contributed by atoms with E-state index in [1.165, 1.54) is 12.2 Å². The first-order valence-corrected chi connectivity index (χ1v) is 6.66. The van der Waals surface area contributed by atoms with Gasteiger partial charge in [-0.1, -0.05) is 45.9 Å². The summed E-state index contributed by atoms with van der Waals surface area (Å²) < 4.78 is 0. The van der Waals surface area contributed by atoms with Gasteiger partial charge in [-0.2, -0.15) is 0 Å². The Hall–Kier alpha value is -2.22. The Balaban J connectivity index is 3.31. The van der Waals surface area contributed by atoms with Gasteiger partial charge in [0.2, 0.25) is 12.2 Å². The normalized spacial score (nSPS) is 11.4. The SMILES string of the molecule is CC(C)(CN=C=O)c1cccc(C(C)(C)CN=C=O)c1O. The minimum Gasteiger partial charge on any atom is -0.507 e. The zero-order valence-corrected chi connectivity index (χ0v) is 12.8. The number of hydrogen-bond acceptors (Lipinski definition) is 5. The summed E-state index contributed by atoms with van der Waals surface area (Å²) in [6, 6.07) is 5.44. The van der Waals surface area contributed by atoms with Crippen molar-refractivity contribution < 1.29 is 14.7 Å². The Morgan fingerprint density at radius 1 is 0.952 bits per heavy atom. The fourth-order valence-corrected chi connectivity index (χ4v) is 2.27. The molecule has 0 unspecified atom stereocenters. The average molecular weight is 288 g/mol. The van der Waals surface area contributed by atoms with Crippen LogP contribution in [0.1, 0.15) is 38.8 Å². The number of benzene rings is 1. The van der Waals surface area contributed by atoms with Crippen LogP contribution in [0.25, 0.3) is 0 Å². The van der Waals surface area contributed by atoms with Crippen LogP contribution in [0, 0.1) is 0 Å². The van der Waals surface area contributed by atoms with Crippen LogP contribution >= 0.6 is 0 Å². The molecule has 0 fully saturated rings. The van der Waals surface area contributed by atoms with Crippen LogP contribution < -0.4 is 0 Å². The van der Waals surface area contributed by atoms with Gasteiger partial charge < -0.3 is 5.11 Å². The van der Waals surface area contributed by atoms with Crippen LogP contribution in [0.3, 0.4) is 0 Å². The molecule has 0 aromatic heterocycles. The molecule has 21 heavy (non-hydrogen) atoms. The average Bonchev–Trinajstić information content (AvgIpc) is 2.43. The molecule has 0 amide bonds. The van der Waals surface area contributed by atoms with Crippen molar-refractivity contribution in [2.75, 3.05) is 13.1 Å². The van der Waals surface area contributed by atoms with Crippen molar-refractivity contribution in [3.63, 3.8) is 0 Å². The molecular weight excluding hydrogens is 268 g/mol. The predicted molar refractivity (Wildman–Crippen MR) is 80.1 cm³/mol. The predicted octanol–water partition coefficient (Wildman–Crippen LogP) is 2.62. The summed E-state index contributed by atoms with van der Waals surface area (Å²) in [7, 11) is 0. The molecule has 0 aliphatic carbocycles. The van der Waals surface area contributed by atoms with Gasteiger partial charge in [0.05, 0.1) is 13.1 Å². The number of rotatable bonds is 6. The van der Waals surface area contributed by atoms with Crippen LogP contribution in [0.5, 0.6) is 5.75 Å². The lowest BCUT2D eigenvalue weighted by Crippen LogP contribution is -2.25. The molecule has 5 heteroatoms. The van der Waals surface area contributed by atoms with E-state index in [0.717, 1.165) is 0 Å². The van der Waals surface area contributed by atoms with Gasteiger partial charge in [-0.25, -0.2) is 19.6 Å². The quantitative estimate of drug-likeness (QED) is 0.645. The summed E-state index contributed by atoms with van der Waals surface area (Å²) in [4.78, 5) is 27.9. The molecule has 112 valence electrons. The van der Waals surface area contributed by atoms with Crippen LogP contribution in [0.2, 0.25) is 0 Å². The first-order valence-electron chi connectivity index (χ1n) is 6.66. The second kappa shape index (κ2) is 6.49. The number of hydrogen-bond donors (Lipinski definition) is 1. The van der Waals surface area contributed by atoms with Crippen molar-refractivity contribution in [2.24, 2.45) is 9.98 Å². The van der Waals surface area contributed by atoms with Crippen LogP contribution in [-0.2, 0) is 20.4 Å². The van der Waals surface area contributed by atoms with Crippen molar-refractivity contribution in [2.45, 2.75) is 38.5 Å². The zero-order chi connectivity index (χ0) is 16.1. The number of nitrogens with zero attached hydrogens (tertiary/aromatic N) is 2. The molecule has 0 heterocycles. The highest BCUT2D eigenvalue weighted by molar-refractivity contribution is 5.48. The van der Waals surface area contributed by atoms with Gasteiger partial charge in [0.25, 0.3) is 0 Å². The molecular formula is C16H20N2O3. The second-order valence-corrected chi connectivity index (χ2v) is 6.28. The van der Waals surface area contributed by atoms with Crippen molar-refractivity contribution in [3.8, 4) is 5.75 Å². The minimum atomic E-state index is -0.499. The maximum absolute atomic E-state index is 10.6. The van der Waals surface area contributed by atoms with E-state index in [-0.39, 0.29) is 18.8 Å². The summed E-state index contributed by atoms with van der Waals surface area (Å²) in [5.41, 5.74) is 0.396. The van der Waals surface area contributed by atoms with Crippen molar-refractivity contribution >= 4 is 12.2 Å². The molecule has 0 saturated heterocycles. The third-order valence-electron chi connectivity index (χ3n) is 3.57. The number of aliphatic imine (C=N–C) groups is 2. The molecule has 0 aliphatic heterocycles. The number of isocyanates is 2. The topological polar surface area (TPSA) is 79.1 Å². The molecule has 0 radical (unpaired) electrons. The maximum atomic E-state index is 10.6. The standard InChI is InChI=1S/C16H20N2O3/c1-15(2,8-17-10-19)12-6-5-7-13(14(12)21)16(3,4)9-18-11-20/h5-7,21H,8-9H2,1-4H3. The fraction of sp³-hybridized carbons (Fsp3) is 0.500. The first-order chi connectivity index (χ1) is 9.76. The summed E-state index contributed by atoms with van der Waals surface area (Å²) in [6.45, 7) is 8.04. The second-order valence-electron chi connectivity index (χ2n) is 6.28. The molecule has 1 aromatic carbocycles. The van der Waals surface area contributed by atoms with E-state index in [4.69, 9.17) is 0 Å². The van der Waals surface area contributed by atoms with Crippen LogP contribution in [0.4, 0.5) is 0 Å². The van der Waals surface area contributed by atoms with E-state index in [0.29, 0.717) is 11.1 Å². The van der Waals surface area contributed by atoms with E-state index in [2.05, 4.69) is 9.98 Å². The third-order valence-corrected chi connectivity index (χ3v) is 3.57. The first kappa shape index (κ1) is 16.8. The highest BCUT2D eigenvalue weighted by Gasteiger charge is 2.30. The zero-order valence-electron chi connectivity index (χ0n) is 12.8. The molecule has 0 aliphatic rings. The van der Waals surface area contributed by atoms with Crippen molar-refractivity contribution in [1.82, 2.24) is 0 Å². The number of carbonyl (C=O) groups excluding carboxylic acids is 2. The molecule has 0 bridgehead atoms. The van der Waals surface area contributed by atoms with Gasteiger partial charge in [-0.05, 0) is 0 Å². The highest BCUT2D eigenvalue weighted by Crippen LogP contribution is 2.39. The van der Waals surface area contributed by atoms with Gasteiger partial charge in [-0.15, -0.1) is 0 Å². The van der Waals surface area contributed by atoms with Gasteiger partial charge in [0.15, 0.2) is 0 Å². The molecule has 1 rings (SSSR count).